The Morgan fingerprint density at radius 1 is 1.07 bits per heavy atom. The molecular weight excluding hydrogens is 356 g/mol. The lowest BCUT2D eigenvalue weighted by Crippen LogP contribution is -2.35. The van der Waals surface area contributed by atoms with Crippen LogP contribution in [0, 0.1) is 0 Å². The minimum absolute atomic E-state index is 0.789. The molecule has 0 amide bonds. The number of rotatable bonds is 5. The summed E-state index contributed by atoms with van der Waals surface area (Å²) in [5.41, 5.74) is 4.19. The highest BCUT2D eigenvalue weighted by molar-refractivity contribution is 7.19. The van der Waals surface area contributed by atoms with Crippen LogP contribution in [0.25, 0.3) is 10.2 Å². The molecule has 3 heterocycles. The number of fused-ring (bicyclic) bond motifs is 3. The average molecular weight is 381 g/mol. The molecule has 0 bridgehead atoms. The van der Waals surface area contributed by atoms with Crippen molar-refractivity contribution in [2.45, 2.75) is 32.4 Å². The molecule has 1 fully saturated rings. The second kappa shape index (κ2) is 7.54. The fraction of sp³-hybridized carbons (Fsp3) is 0.429. The van der Waals surface area contributed by atoms with Gasteiger partial charge in [0.25, 0.3) is 0 Å². The van der Waals surface area contributed by atoms with E-state index in [0.29, 0.717) is 0 Å². The molecule has 3 aromatic rings. The number of nitrogens with one attached hydrogen (secondary N) is 1. The molecule has 0 radical (unpaired) electrons. The van der Waals surface area contributed by atoms with Gasteiger partial charge in [-0.3, -0.25) is 4.90 Å². The van der Waals surface area contributed by atoms with Crippen LogP contribution < -0.4 is 5.32 Å². The van der Waals surface area contributed by atoms with E-state index in [1.165, 1.54) is 39.8 Å². The lowest BCUT2D eigenvalue weighted by molar-refractivity contribution is 0.0341. The zero-order valence-corrected chi connectivity index (χ0v) is 16.2. The third-order valence-electron chi connectivity index (χ3n) is 5.56. The van der Waals surface area contributed by atoms with Gasteiger partial charge in [0.15, 0.2) is 0 Å². The summed E-state index contributed by atoms with van der Waals surface area (Å²) in [7, 11) is 0. The Morgan fingerprint density at radius 2 is 1.93 bits per heavy atom. The summed E-state index contributed by atoms with van der Waals surface area (Å²) >= 11 is 1.84. The molecular formula is C21H24N4OS. The van der Waals surface area contributed by atoms with Gasteiger partial charge in [-0.25, -0.2) is 9.97 Å². The fourth-order valence-electron chi connectivity index (χ4n) is 4.13. The van der Waals surface area contributed by atoms with E-state index in [1.54, 1.807) is 6.33 Å². The van der Waals surface area contributed by atoms with E-state index in [2.05, 4.69) is 44.5 Å². The lowest BCUT2D eigenvalue weighted by atomic mass is 10.1. The number of hydrogen-bond donors (Lipinski definition) is 1. The molecule has 5 rings (SSSR count). The first kappa shape index (κ1) is 17.1. The van der Waals surface area contributed by atoms with Crippen molar-refractivity contribution in [3.63, 3.8) is 0 Å². The minimum Gasteiger partial charge on any atom is -0.379 e. The Hall–Kier alpha value is -2.02. The number of benzene rings is 1. The molecule has 140 valence electrons. The van der Waals surface area contributed by atoms with E-state index in [1.807, 2.05) is 11.3 Å². The third-order valence-corrected chi connectivity index (χ3v) is 6.76. The highest BCUT2D eigenvalue weighted by Gasteiger charge is 2.21. The molecule has 0 spiro atoms. The predicted molar refractivity (Wildman–Crippen MR) is 109 cm³/mol. The molecule has 2 aliphatic rings. The van der Waals surface area contributed by atoms with E-state index < -0.39 is 0 Å². The van der Waals surface area contributed by atoms with Crippen LogP contribution in [0.15, 0.2) is 30.6 Å². The highest BCUT2D eigenvalue weighted by Crippen LogP contribution is 2.39. The van der Waals surface area contributed by atoms with Crippen LogP contribution in [-0.4, -0.2) is 41.2 Å². The number of aromatic nitrogens is 2. The number of nitrogens with zero attached hydrogens (tertiary/aromatic N) is 3. The predicted octanol–water partition coefficient (Wildman–Crippen LogP) is 3.62. The van der Waals surface area contributed by atoms with Gasteiger partial charge in [0.1, 0.15) is 17.0 Å². The molecule has 2 aromatic heterocycles. The first-order valence-electron chi connectivity index (χ1n) is 9.74. The number of morpholine rings is 1. The molecule has 1 aromatic carbocycles. The lowest BCUT2D eigenvalue weighted by Gasteiger charge is -2.27. The molecule has 0 atom stereocenters. The summed E-state index contributed by atoms with van der Waals surface area (Å²) in [5.74, 6) is 0.987. The van der Waals surface area contributed by atoms with Crippen molar-refractivity contribution < 1.29 is 4.74 Å². The maximum atomic E-state index is 5.48. The quantitative estimate of drug-likeness (QED) is 0.733. The Bertz CT molecular complexity index is 949. The molecule has 5 nitrogen and oxygen atoms in total. The molecule has 1 aliphatic heterocycles. The van der Waals surface area contributed by atoms with Crippen LogP contribution >= 0.6 is 11.3 Å². The van der Waals surface area contributed by atoms with Crippen molar-refractivity contribution in [1.29, 1.82) is 0 Å². The second-order valence-corrected chi connectivity index (χ2v) is 8.35. The van der Waals surface area contributed by atoms with E-state index in [9.17, 15) is 0 Å². The fourth-order valence-corrected chi connectivity index (χ4v) is 5.35. The van der Waals surface area contributed by atoms with Crippen molar-refractivity contribution in [3.8, 4) is 0 Å². The Morgan fingerprint density at radius 3 is 2.81 bits per heavy atom. The van der Waals surface area contributed by atoms with Gasteiger partial charge < -0.3 is 10.1 Å². The van der Waals surface area contributed by atoms with Crippen LogP contribution in [0.4, 0.5) is 5.82 Å². The van der Waals surface area contributed by atoms with Gasteiger partial charge >= 0.3 is 0 Å². The van der Waals surface area contributed by atoms with Crippen LogP contribution in [-0.2, 0) is 30.7 Å². The van der Waals surface area contributed by atoms with Gasteiger partial charge in [0, 0.05) is 31.1 Å². The monoisotopic (exact) mass is 380 g/mol. The number of thiophene rings is 1. The zero-order valence-electron chi connectivity index (χ0n) is 15.4. The summed E-state index contributed by atoms with van der Waals surface area (Å²) < 4.78 is 5.48. The Labute approximate surface area is 163 Å². The Kier molecular flexibility index (Phi) is 4.78. The Balaban J connectivity index is 1.37. The number of hydrogen-bond acceptors (Lipinski definition) is 6. The molecule has 1 aliphatic carbocycles. The van der Waals surface area contributed by atoms with Crippen LogP contribution in [0.1, 0.15) is 28.0 Å². The van der Waals surface area contributed by atoms with E-state index in [0.717, 1.165) is 56.5 Å². The summed E-state index contributed by atoms with van der Waals surface area (Å²) in [6, 6.07) is 8.72. The number of anilines is 1. The second-order valence-electron chi connectivity index (χ2n) is 7.27. The van der Waals surface area contributed by atoms with Gasteiger partial charge in [-0.2, -0.15) is 0 Å². The topological polar surface area (TPSA) is 50.3 Å². The van der Waals surface area contributed by atoms with Crippen LogP contribution in [0.3, 0.4) is 0 Å². The number of ether oxygens (including phenoxy) is 1. The molecule has 1 saturated heterocycles. The highest BCUT2D eigenvalue weighted by atomic mass is 32.1. The van der Waals surface area contributed by atoms with Gasteiger partial charge in [-0.1, -0.05) is 24.3 Å². The van der Waals surface area contributed by atoms with Crippen LogP contribution in [0.2, 0.25) is 0 Å². The summed E-state index contributed by atoms with van der Waals surface area (Å²) in [4.78, 5) is 14.2. The van der Waals surface area contributed by atoms with E-state index in [4.69, 9.17) is 4.74 Å². The summed E-state index contributed by atoms with van der Waals surface area (Å²) in [6.07, 6.45) is 5.30. The molecule has 1 N–H and O–H groups in total. The van der Waals surface area contributed by atoms with Gasteiger partial charge in [-0.05, 0) is 36.0 Å². The molecule has 0 unspecified atom stereocenters. The average Bonchev–Trinajstić information content (AvgIpc) is 3.29. The van der Waals surface area contributed by atoms with Crippen molar-refractivity contribution in [2.24, 2.45) is 0 Å². The van der Waals surface area contributed by atoms with Gasteiger partial charge in [0.05, 0.1) is 18.6 Å². The SMILES string of the molecule is c1ccc(CN2CCOCC2)c(CNc2ncnc3sc4c(c23)CCC4)c1. The third kappa shape index (κ3) is 3.45. The van der Waals surface area contributed by atoms with Crippen molar-refractivity contribution in [1.82, 2.24) is 14.9 Å². The minimum atomic E-state index is 0.789. The first-order valence-corrected chi connectivity index (χ1v) is 10.6. The summed E-state index contributed by atoms with van der Waals surface area (Å²) in [6.45, 7) is 5.46. The van der Waals surface area contributed by atoms with Crippen molar-refractivity contribution in [3.05, 3.63) is 52.2 Å². The standard InChI is InChI=1S/C21H24N4OS/c1-2-5-16(13-25-8-10-26-11-9-25)15(4-1)12-22-20-19-17-6-3-7-18(17)27-21(19)24-14-23-20/h1-2,4-5,14H,3,6-13H2,(H,22,23,24). The molecule has 0 saturated carbocycles. The van der Waals surface area contributed by atoms with Gasteiger partial charge in [0.2, 0.25) is 0 Å². The maximum Gasteiger partial charge on any atom is 0.138 e. The zero-order chi connectivity index (χ0) is 18.1. The first-order chi connectivity index (χ1) is 13.4. The van der Waals surface area contributed by atoms with Crippen molar-refractivity contribution in [2.75, 3.05) is 31.6 Å². The maximum absolute atomic E-state index is 5.48. The van der Waals surface area contributed by atoms with Gasteiger partial charge in [-0.15, -0.1) is 11.3 Å². The van der Waals surface area contributed by atoms with E-state index in [-0.39, 0.29) is 0 Å². The number of aryl methyl sites for hydroxylation is 2. The smallest absolute Gasteiger partial charge is 0.138 e. The summed E-state index contributed by atoms with van der Waals surface area (Å²) in [5, 5.41) is 4.86. The molecule has 27 heavy (non-hydrogen) atoms. The van der Waals surface area contributed by atoms with E-state index >= 15 is 0 Å². The van der Waals surface area contributed by atoms with Crippen molar-refractivity contribution >= 4 is 27.4 Å². The molecule has 6 heteroatoms. The van der Waals surface area contributed by atoms with Crippen LogP contribution in [0.5, 0.6) is 0 Å². The largest absolute Gasteiger partial charge is 0.379 e. The normalized spacial score (nSPS) is 17.3.